The number of benzene rings is 1. The summed E-state index contributed by atoms with van der Waals surface area (Å²) in [5.74, 6) is 0.691. The zero-order valence-corrected chi connectivity index (χ0v) is 13.8. The summed E-state index contributed by atoms with van der Waals surface area (Å²) in [6.07, 6.45) is 3.60. The third kappa shape index (κ3) is 4.57. The second-order valence-electron chi connectivity index (χ2n) is 5.29. The molecule has 128 valence electrons. The Morgan fingerprint density at radius 3 is 2.88 bits per heavy atom. The second kappa shape index (κ2) is 7.96. The van der Waals surface area contributed by atoms with Gasteiger partial charge in [-0.15, -0.1) is 0 Å². The van der Waals surface area contributed by atoms with Gasteiger partial charge in [0.1, 0.15) is 11.4 Å². The van der Waals surface area contributed by atoms with Crippen molar-refractivity contribution in [1.82, 2.24) is 20.1 Å². The first-order chi connectivity index (χ1) is 12.2. The number of aromatic nitrogens is 3. The van der Waals surface area contributed by atoms with E-state index in [1.807, 2.05) is 42.6 Å². The summed E-state index contributed by atoms with van der Waals surface area (Å²) in [7, 11) is 1.59. The van der Waals surface area contributed by atoms with E-state index in [1.165, 1.54) is 0 Å². The van der Waals surface area contributed by atoms with Crippen LogP contribution < -0.4 is 15.4 Å². The molecule has 2 heterocycles. The number of nitrogens with one attached hydrogen (secondary N) is 2. The number of hydrogen-bond donors (Lipinski definition) is 2. The molecular weight excluding hydrogens is 318 g/mol. The number of pyridine rings is 1. The number of ether oxygens (including phenoxy) is 1. The van der Waals surface area contributed by atoms with Gasteiger partial charge in [-0.05, 0) is 30.3 Å². The van der Waals surface area contributed by atoms with Crippen LogP contribution in [0.3, 0.4) is 0 Å². The Morgan fingerprint density at radius 2 is 2.08 bits per heavy atom. The van der Waals surface area contributed by atoms with E-state index in [9.17, 15) is 4.79 Å². The minimum atomic E-state index is -0.273. The van der Waals surface area contributed by atoms with Gasteiger partial charge in [-0.2, -0.15) is 5.10 Å². The van der Waals surface area contributed by atoms with Crippen LogP contribution in [-0.2, 0) is 6.54 Å². The predicted molar refractivity (Wildman–Crippen MR) is 95.5 cm³/mol. The lowest BCUT2D eigenvalue weighted by Crippen LogP contribution is -2.31. The standard InChI is InChI=1S/C18H19N5O2/c1-25-15-6-4-5-14(13-15)21-18(24)20-10-12-23-11-8-17(22-23)16-7-2-3-9-19-16/h2-9,11,13H,10,12H2,1H3,(H2,20,21,24). The van der Waals surface area contributed by atoms with Gasteiger partial charge in [0.25, 0.3) is 0 Å². The van der Waals surface area contributed by atoms with Crippen LogP contribution >= 0.6 is 0 Å². The molecule has 3 rings (SSSR count). The van der Waals surface area contributed by atoms with Crippen molar-refractivity contribution in [2.45, 2.75) is 6.54 Å². The number of hydrogen-bond acceptors (Lipinski definition) is 4. The molecule has 2 amide bonds. The fourth-order valence-corrected chi connectivity index (χ4v) is 2.30. The maximum atomic E-state index is 11.9. The topological polar surface area (TPSA) is 81.1 Å². The zero-order valence-electron chi connectivity index (χ0n) is 13.8. The second-order valence-corrected chi connectivity index (χ2v) is 5.29. The number of rotatable bonds is 6. The van der Waals surface area contributed by atoms with E-state index in [0.29, 0.717) is 24.5 Å². The number of carbonyl (C=O) groups excluding carboxylic acids is 1. The minimum Gasteiger partial charge on any atom is -0.497 e. The lowest BCUT2D eigenvalue weighted by molar-refractivity contribution is 0.251. The van der Waals surface area contributed by atoms with E-state index < -0.39 is 0 Å². The van der Waals surface area contributed by atoms with Gasteiger partial charge in [0.2, 0.25) is 0 Å². The predicted octanol–water partition coefficient (Wildman–Crippen LogP) is 2.78. The maximum Gasteiger partial charge on any atom is 0.319 e. The smallest absolute Gasteiger partial charge is 0.319 e. The average Bonchev–Trinajstić information content (AvgIpc) is 3.11. The Morgan fingerprint density at radius 1 is 1.16 bits per heavy atom. The molecule has 25 heavy (non-hydrogen) atoms. The van der Waals surface area contributed by atoms with Crippen LogP contribution in [0.5, 0.6) is 5.75 Å². The Hall–Kier alpha value is -3.35. The highest BCUT2D eigenvalue weighted by Crippen LogP contribution is 2.16. The molecule has 0 bridgehead atoms. The summed E-state index contributed by atoms with van der Waals surface area (Å²) >= 11 is 0. The van der Waals surface area contributed by atoms with Crippen molar-refractivity contribution in [1.29, 1.82) is 0 Å². The molecular formula is C18H19N5O2. The summed E-state index contributed by atoms with van der Waals surface area (Å²) in [5, 5.41) is 10.0. The van der Waals surface area contributed by atoms with E-state index in [2.05, 4.69) is 20.7 Å². The minimum absolute atomic E-state index is 0.273. The van der Waals surface area contributed by atoms with Gasteiger partial charge in [0.15, 0.2) is 0 Å². The zero-order chi connectivity index (χ0) is 17.5. The molecule has 2 N–H and O–H groups in total. The van der Waals surface area contributed by atoms with Crippen molar-refractivity contribution >= 4 is 11.7 Å². The lowest BCUT2D eigenvalue weighted by Gasteiger charge is -2.08. The Kier molecular flexibility index (Phi) is 5.26. The van der Waals surface area contributed by atoms with Gasteiger partial charge in [-0.25, -0.2) is 4.79 Å². The van der Waals surface area contributed by atoms with Gasteiger partial charge in [-0.1, -0.05) is 12.1 Å². The van der Waals surface area contributed by atoms with Crippen LogP contribution in [0.1, 0.15) is 0 Å². The maximum absolute atomic E-state index is 11.9. The van der Waals surface area contributed by atoms with Crippen LogP contribution in [0.4, 0.5) is 10.5 Å². The molecule has 0 spiro atoms. The lowest BCUT2D eigenvalue weighted by atomic mass is 10.3. The van der Waals surface area contributed by atoms with Crippen molar-refractivity contribution in [3.63, 3.8) is 0 Å². The van der Waals surface area contributed by atoms with Crippen molar-refractivity contribution in [2.24, 2.45) is 0 Å². The molecule has 0 aliphatic rings. The van der Waals surface area contributed by atoms with Crippen molar-refractivity contribution in [2.75, 3.05) is 19.0 Å². The number of anilines is 1. The molecule has 0 fully saturated rings. The summed E-state index contributed by atoms with van der Waals surface area (Å²) < 4.78 is 6.90. The fraction of sp³-hybridized carbons (Fsp3) is 0.167. The van der Waals surface area contributed by atoms with Crippen molar-refractivity contribution in [3.8, 4) is 17.1 Å². The van der Waals surface area contributed by atoms with E-state index in [0.717, 1.165) is 11.4 Å². The molecule has 1 aromatic carbocycles. The number of nitrogens with zero attached hydrogens (tertiary/aromatic N) is 3. The largest absolute Gasteiger partial charge is 0.497 e. The first-order valence-corrected chi connectivity index (χ1v) is 7.88. The van der Waals surface area contributed by atoms with Gasteiger partial charge in [0.05, 0.1) is 19.3 Å². The molecule has 2 aromatic heterocycles. The molecule has 0 saturated carbocycles. The summed E-state index contributed by atoms with van der Waals surface area (Å²) in [6.45, 7) is 1.03. The van der Waals surface area contributed by atoms with Gasteiger partial charge in [-0.3, -0.25) is 9.67 Å². The summed E-state index contributed by atoms with van der Waals surface area (Å²) in [4.78, 5) is 16.2. The van der Waals surface area contributed by atoms with E-state index >= 15 is 0 Å². The SMILES string of the molecule is COc1cccc(NC(=O)NCCn2ccc(-c3ccccn3)n2)c1. The Balaban J connectivity index is 1.48. The van der Waals surface area contributed by atoms with E-state index in [4.69, 9.17) is 4.74 Å². The van der Waals surface area contributed by atoms with Crippen molar-refractivity contribution < 1.29 is 9.53 Å². The Labute approximate surface area is 145 Å². The first-order valence-electron chi connectivity index (χ1n) is 7.88. The molecule has 7 heteroatoms. The third-order valence-corrected chi connectivity index (χ3v) is 3.52. The quantitative estimate of drug-likeness (QED) is 0.725. The van der Waals surface area contributed by atoms with Crippen LogP contribution in [0.2, 0.25) is 0 Å². The molecule has 0 aliphatic carbocycles. The van der Waals surface area contributed by atoms with Gasteiger partial charge < -0.3 is 15.4 Å². The van der Waals surface area contributed by atoms with Crippen molar-refractivity contribution in [3.05, 3.63) is 60.9 Å². The molecule has 0 atom stereocenters. The first kappa shape index (κ1) is 16.5. The molecule has 0 saturated heterocycles. The fourth-order valence-electron chi connectivity index (χ4n) is 2.30. The molecule has 3 aromatic rings. The molecule has 0 unspecified atom stereocenters. The highest BCUT2D eigenvalue weighted by Gasteiger charge is 2.05. The van der Waals surface area contributed by atoms with Crippen LogP contribution in [0.15, 0.2) is 60.9 Å². The number of urea groups is 1. The van der Waals surface area contributed by atoms with Gasteiger partial charge >= 0.3 is 6.03 Å². The number of methoxy groups -OCH3 is 1. The van der Waals surface area contributed by atoms with E-state index in [1.54, 1.807) is 30.1 Å². The van der Waals surface area contributed by atoms with Crippen LogP contribution in [0.25, 0.3) is 11.4 Å². The highest BCUT2D eigenvalue weighted by molar-refractivity contribution is 5.89. The summed E-state index contributed by atoms with van der Waals surface area (Å²) in [6, 6.07) is 14.5. The Bertz CT molecular complexity index is 832. The third-order valence-electron chi connectivity index (χ3n) is 3.52. The monoisotopic (exact) mass is 337 g/mol. The van der Waals surface area contributed by atoms with Crippen LogP contribution in [0, 0.1) is 0 Å². The number of amides is 2. The van der Waals surface area contributed by atoms with E-state index in [-0.39, 0.29) is 6.03 Å². The number of carbonyl (C=O) groups is 1. The average molecular weight is 337 g/mol. The molecule has 7 nitrogen and oxygen atoms in total. The van der Waals surface area contributed by atoms with Gasteiger partial charge in [0, 0.05) is 30.7 Å². The highest BCUT2D eigenvalue weighted by atomic mass is 16.5. The van der Waals surface area contributed by atoms with Crippen LogP contribution in [-0.4, -0.2) is 34.5 Å². The normalized spacial score (nSPS) is 10.3. The molecule has 0 aliphatic heterocycles. The summed E-state index contributed by atoms with van der Waals surface area (Å²) in [5.41, 5.74) is 2.31. The molecule has 0 radical (unpaired) electrons.